The van der Waals surface area contributed by atoms with Gasteiger partial charge in [-0.2, -0.15) is 5.10 Å². The van der Waals surface area contributed by atoms with E-state index in [1.54, 1.807) is 13.8 Å². The number of carbonyl (C=O) groups is 2. The number of carbonyl (C=O) groups excluding carboxylic acids is 1. The van der Waals surface area contributed by atoms with E-state index in [0.717, 1.165) is 0 Å². The molecule has 20 heavy (non-hydrogen) atoms. The van der Waals surface area contributed by atoms with Crippen molar-refractivity contribution in [2.75, 3.05) is 0 Å². The van der Waals surface area contributed by atoms with Gasteiger partial charge in [0, 0.05) is 0 Å². The zero-order valence-corrected chi connectivity index (χ0v) is 12.9. The molecule has 1 atom stereocenters. The van der Waals surface area contributed by atoms with Crippen LogP contribution >= 0.6 is 11.6 Å². The first-order chi connectivity index (χ1) is 9.22. The summed E-state index contributed by atoms with van der Waals surface area (Å²) in [5.41, 5.74) is 1.34. The molecule has 1 aromatic heterocycles. The minimum Gasteiger partial charge on any atom is -0.480 e. The number of rotatable bonds is 6. The predicted molar refractivity (Wildman–Crippen MR) is 75.7 cm³/mol. The van der Waals surface area contributed by atoms with Crippen molar-refractivity contribution < 1.29 is 14.7 Å². The molecule has 7 heteroatoms. The molecule has 0 aliphatic rings. The summed E-state index contributed by atoms with van der Waals surface area (Å²) in [4.78, 5) is 23.0. The third-order valence-corrected chi connectivity index (χ3v) is 3.47. The molecular weight excluding hydrogens is 282 g/mol. The number of carboxylic acid groups (broad SMARTS) is 1. The molecule has 2 N–H and O–H groups in total. The van der Waals surface area contributed by atoms with Gasteiger partial charge in [-0.15, -0.1) is 0 Å². The molecule has 0 fully saturated rings. The van der Waals surface area contributed by atoms with Crippen molar-refractivity contribution in [3.63, 3.8) is 0 Å². The van der Waals surface area contributed by atoms with E-state index in [2.05, 4.69) is 10.4 Å². The van der Waals surface area contributed by atoms with Crippen molar-refractivity contribution in [1.29, 1.82) is 0 Å². The smallest absolute Gasteiger partial charge is 0.326 e. The molecule has 0 radical (unpaired) electrons. The van der Waals surface area contributed by atoms with Crippen molar-refractivity contribution in [3.8, 4) is 0 Å². The van der Waals surface area contributed by atoms with Crippen molar-refractivity contribution in [2.45, 2.75) is 46.7 Å². The lowest BCUT2D eigenvalue weighted by Gasteiger charge is -2.16. The number of halogens is 1. The van der Waals surface area contributed by atoms with Crippen LogP contribution < -0.4 is 5.32 Å². The van der Waals surface area contributed by atoms with Gasteiger partial charge in [0.2, 0.25) is 5.91 Å². The number of nitrogens with zero attached hydrogens (tertiary/aromatic N) is 2. The first kappa shape index (κ1) is 16.5. The molecule has 6 nitrogen and oxygen atoms in total. The zero-order chi connectivity index (χ0) is 15.4. The highest BCUT2D eigenvalue weighted by atomic mass is 35.5. The number of hydrogen-bond acceptors (Lipinski definition) is 3. The first-order valence-corrected chi connectivity index (χ1v) is 6.81. The lowest BCUT2D eigenvalue weighted by atomic mass is 10.0. The van der Waals surface area contributed by atoms with Crippen LogP contribution in [0.25, 0.3) is 0 Å². The summed E-state index contributed by atoms with van der Waals surface area (Å²) in [6.45, 7) is 7.29. The van der Waals surface area contributed by atoms with Gasteiger partial charge >= 0.3 is 5.97 Å². The monoisotopic (exact) mass is 301 g/mol. The summed E-state index contributed by atoms with van der Waals surface area (Å²) >= 11 is 6.00. The second-order valence-electron chi connectivity index (χ2n) is 5.23. The van der Waals surface area contributed by atoms with E-state index in [9.17, 15) is 9.59 Å². The fraction of sp³-hybridized carbons (Fsp3) is 0.615. The van der Waals surface area contributed by atoms with Gasteiger partial charge < -0.3 is 10.4 Å². The molecule has 112 valence electrons. The van der Waals surface area contributed by atoms with E-state index in [-0.39, 0.29) is 18.4 Å². The number of aliphatic carboxylic acids is 1. The maximum atomic E-state index is 11.9. The average molecular weight is 302 g/mol. The molecule has 1 heterocycles. The van der Waals surface area contributed by atoms with Crippen LogP contribution in [0.4, 0.5) is 0 Å². The lowest BCUT2D eigenvalue weighted by Crippen LogP contribution is -2.43. The third kappa shape index (κ3) is 4.23. The van der Waals surface area contributed by atoms with E-state index in [4.69, 9.17) is 16.7 Å². The molecule has 0 unspecified atom stereocenters. The topological polar surface area (TPSA) is 84.2 Å². The number of aromatic nitrogens is 2. The number of aryl methyl sites for hydroxylation is 1. The zero-order valence-electron chi connectivity index (χ0n) is 12.1. The quantitative estimate of drug-likeness (QED) is 0.838. The van der Waals surface area contributed by atoms with Crippen LogP contribution in [0.2, 0.25) is 5.02 Å². The summed E-state index contributed by atoms with van der Waals surface area (Å²) in [5, 5.41) is 16.3. The second kappa shape index (κ2) is 6.74. The Hall–Kier alpha value is -1.56. The van der Waals surface area contributed by atoms with Crippen LogP contribution in [-0.2, 0) is 16.1 Å². The Bertz CT molecular complexity index is 511. The van der Waals surface area contributed by atoms with E-state index in [0.29, 0.717) is 22.8 Å². The van der Waals surface area contributed by atoms with Crippen LogP contribution in [0.5, 0.6) is 0 Å². The molecule has 0 aliphatic carbocycles. The molecule has 1 amide bonds. The summed E-state index contributed by atoms with van der Waals surface area (Å²) in [5.74, 6) is -1.24. The highest BCUT2D eigenvalue weighted by Crippen LogP contribution is 2.18. The van der Waals surface area contributed by atoms with Gasteiger partial charge in [-0.3, -0.25) is 9.48 Å². The normalized spacial score (nSPS) is 12.5. The minimum atomic E-state index is -1.03. The van der Waals surface area contributed by atoms with Gasteiger partial charge in [0.25, 0.3) is 0 Å². The maximum Gasteiger partial charge on any atom is 0.326 e. The Morgan fingerprint density at radius 2 is 2.00 bits per heavy atom. The third-order valence-electron chi connectivity index (χ3n) is 2.93. The number of amides is 1. The van der Waals surface area contributed by atoms with E-state index < -0.39 is 12.0 Å². The van der Waals surface area contributed by atoms with Gasteiger partial charge in [-0.1, -0.05) is 25.4 Å². The fourth-order valence-corrected chi connectivity index (χ4v) is 2.03. The molecule has 1 aromatic rings. The van der Waals surface area contributed by atoms with Crippen molar-refractivity contribution in [3.05, 3.63) is 16.4 Å². The molecule has 0 aliphatic heterocycles. The minimum absolute atomic E-state index is 0.0404. The Balaban J connectivity index is 2.70. The summed E-state index contributed by atoms with van der Waals surface area (Å²) in [6, 6.07) is -0.880. The van der Waals surface area contributed by atoms with Gasteiger partial charge in [0.1, 0.15) is 12.6 Å². The van der Waals surface area contributed by atoms with Crippen molar-refractivity contribution >= 4 is 23.5 Å². The number of nitrogens with one attached hydrogen (secondary N) is 1. The van der Waals surface area contributed by atoms with Crippen LogP contribution in [0.15, 0.2) is 0 Å². The Labute approximate surface area is 123 Å². The van der Waals surface area contributed by atoms with Crippen LogP contribution in [0, 0.1) is 19.8 Å². The Morgan fingerprint density at radius 3 is 2.40 bits per heavy atom. The fourth-order valence-electron chi connectivity index (χ4n) is 1.90. The molecule has 0 aromatic carbocycles. The van der Waals surface area contributed by atoms with E-state index >= 15 is 0 Å². The van der Waals surface area contributed by atoms with Gasteiger partial charge in [-0.25, -0.2) is 4.79 Å². The van der Waals surface area contributed by atoms with Gasteiger partial charge in [0.15, 0.2) is 0 Å². The van der Waals surface area contributed by atoms with Crippen LogP contribution in [-0.4, -0.2) is 32.8 Å². The number of hydrogen-bond donors (Lipinski definition) is 2. The molecular formula is C13H20ClN3O3. The molecule has 0 saturated carbocycles. The highest BCUT2D eigenvalue weighted by molar-refractivity contribution is 6.31. The summed E-state index contributed by atoms with van der Waals surface area (Å²) in [7, 11) is 0. The maximum absolute atomic E-state index is 11.9. The van der Waals surface area contributed by atoms with Gasteiger partial charge in [0.05, 0.1) is 16.4 Å². The summed E-state index contributed by atoms with van der Waals surface area (Å²) < 4.78 is 1.47. The van der Waals surface area contributed by atoms with E-state index in [1.165, 1.54) is 4.68 Å². The second-order valence-corrected chi connectivity index (χ2v) is 5.61. The Kier molecular flexibility index (Phi) is 5.56. The van der Waals surface area contributed by atoms with Crippen molar-refractivity contribution in [1.82, 2.24) is 15.1 Å². The molecule has 0 saturated heterocycles. The van der Waals surface area contributed by atoms with Crippen LogP contribution in [0.1, 0.15) is 31.7 Å². The molecule has 0 bridgehead atoms. The first-order valence-electron chi connectivity index (χ1n) is 6.44. The predicted octanol–water partition coefficient (Wildman–Crippen LogP) is 1.77. The van der Waals surface area contributed by atoms with E-state index in [1.807, 2.05) is 13.8 Å². The summed E-state index contributed by atoms with van der Waals surface area (Å²) in [6.07, 6.45) is 0.388. The highest BCUT2D eigenvalue weighted by Gasteiger charge is 2.22. The number of carboxylic acids is 1. The lowest BCUT2D eigenvalue weighted by molar-refractivity contribution is -0.142. The van der Waals surface area contributed by atoms with Gasteiger partial charge in [-0.05, 0) is 26.2 Å². The SMILES string of the molecule is Cc1nn(CC(=O)N[C@H](CC(C)C)C(=O)O)c(C)c1Cl. The van der Waals surface area contributed by atoms with Crippen LogP contribution in [0.3, 0.4) is 0 Å². The largest absolute Gasteiger partial charge is 0.480 e. The molecule has 1 rings (SSSR count). The standard InChI is InChI=1S/C13H20ClN3O3/c1-7(2)5-10(13(19)20)15-11(18)6-17-9(4)12(14)8(3)16-17/h7,10H,5-6H2,1-4H3,(H,15,18)(H,19,20)/t10-/m1/s1. The Morgan fingerprint density at radius 1 is 1.40 bits per heavy atom. The average Bonchev–Trinajstić information content (AvgIpc) is 2.55. The van der Waals surface area contributed by atoms with Crippen molar-refractivity contribution in [2.24, 2.45) is 5.92 Å². The molecule has 0 spiro atoms.